The van der Waals surface area contributed by atoms with Gasteiger partial charge in [0.15, 0.2) is 11.9 Å². The number of hydrogen-bond acceptors (Lipinski definition) is 6. The first kappa shape index (κ1) is 24.1. The molecular weight excluding hydrogens is 449 g/mol. The van der Waals surface area contributed by atoms with Crippen molar-refractivity contribution in [1.82, 2.24) is 10.1 Å². The van der Waals surface area contributed by atoms with Crippen LogP contribution in [0.2, 0.25) is 0 Å². The van der Waals surface area contributed by atoms with Crippen molar-refractivity contribution in [2.24, 2.45) is 0 Å². The Morgan fingerprint density at radius 2 is 1.82 bits per heavy atom. The lowest BCUT2D eigenvalue weighted by atomic mass is 9.87. The third-order valence-corrected chi connectivity index (χ3v) is 6.29. The number of nitrogens with zero attached hydrogens (tertiary/aromatic N) is 2. The first-order valence-electron chi connectivity index (χ1n) is 11.0. The zero-order valence-corrected chi connectivity index (χ0v) is 19.3. The summed E-state index contributed by atoms with van der Waals surface area (Å²) in [7, 11) is 2.00. The molecule has 3 N–H and O–H groups in total. The Morgan fingerprint density at radius 3 is 2.47 bits per heavy atom. The van der Waals surface area contributed by atoms with E-state index in [4.69, 9.17) is 4.52 Å². The molecule has 0 radical (unpaired) electrons. The second-order valence-corrected chi connectivity index (χ2v) is 9.31. The van der Waals surface area contributed by atoms with Gasteiger partial charge >= 0.3 is 6.18 Å². The van der Waals surface area contributed by atoms with Gasteiger partial charge in [-0.25, -0.2) is 0 Å². The summed E-state index contributed by atoms with van der Waals surface area (Å²) in [5, 5.41) is 34.4. The van der Waals surface area contributed by atoms with Crippen LogP contribution in [0.25, 0.3) is 22.5 Å². The Labute approximate surface area is 195 Å². The number of phenolic OH excluding ortho intramolecular Hbond substituents is 2. The van der Waals surface area contributed by atoms with Gasteiger partial charge in [0.1, 0.15) is 17.2 Å². The molecular formula is C25H27F3N2O4. The van der Waals surface area contributed by atoms with Crippen LogP contribution in [0.3, 0.4) is 0 Å². The molecule has 0 saturated heterocycles. The summed E-state index contributed by atoms with van der Waals surface area (Å²) in [5.41, 5.74) is 2.29. The van der Waals surface area contributed by atoms with Crippen LogP contribution in [0.5, 0.6) is 11.5 Å². The molecule has 2 heterocycles. The molecule has 2 atom stereocenters. The molecule has 3 aromatic rings. The predicted octanol–water partition coefficient (Wildman–Crippen LogP) is 5.69. The number of halogens is 3. The lowest BCUT2D eigenvalue weighted by Crippen LogP contribution is -2.29. The normalized spacial score (nSPS) is 17.7. The van der Waals surface area contributed by atoms with E-state index in [9.17, 15) is 28.5 Å². The summed E-state index contributed by atoms with van der Waals surface area (Å²) in [5.74, 6) is -0.617. The van der Waals surface area contributed by atoms with E-state index in [1.54, 1.807) is 12.1 Å². The Kier molecular flexibility index (Phi) is 6.12. The maximum atomic E-state index is 13.5. The summed E-state index contributed by atoms with van der Waals surface area (Å²) in [6.07, 6.45) is -7.84. The molecule has 2 aromatic carbocycles. The predicted molar refractivity (Wildman–Crippen MR) is 121 cm³/mol. The molecule has 1 aliphatic heterocycles. The van der Waals surface area contributed by atoms with Crippen LogP contribution in [0.1, 0.15) is 61.1 Å². The van der Waals surface area contributed by atoms with Gasteiger partial charge in [-0.15, -0.1) is 0 Å². The lowest BCUT2D eigenvalue weighted by molar-refractivity contribution is -0.208. The fraction of sp³-hybridized carbons (Fsp3) is 0.400. The molecule has 9 heteroatoms. The maximum Gasteiger partial charge on any atom is 0.420 e. The second kappa shape index (κ2) is 8.63. The van der Waals surface area contributed by atoms with Crippen LogP contribution >= 0.6 is 0 Å². The number of aliphatic hydroxyl groups is 1. The van der Waals surface area contributed by atoms with Crippen molar-refractivity contribution >= 4 is 0 Å². The zero-order chi connectivity index (χ0) is 24.9. The summed E-state index contributed by atoms with van der Waals surface area (Å²) in [6.45, 7) is 7.21. The minimum absolute atomic E-state index is 0.0468. The highest BCUT2D eigenvalue weighted by molar-refractivity contribution is 5.85. The van der Waals surface area contributed by atoms with Crippen molar-refractivity contribution in [2.75, 3.05) is 13.6 Å². The van der Waals surface area contributed by atoms with Gasteiger partial charge in [0.2, 0.25) is 0 Å². The number of rotatable bonds is 4. The highest BCUT2D eigenvalue weighted by atomic mass is 19.4. The van der Waals surface area contributed by atoms with Gasteiger partial charge in [0.25, 0.3) is 0 Å². The van der Waals surface area contributed by atoms with E-state index >= 15 is 0 Å². The Hall–Kier alpha value is -3.04. The van der Waals surface area contributed by atoms with Crippen LogP contribution in [0, 0.1) is 0 Å². The van der Waals surface area contributed by atoms with Crippen LogP contribution < -0.4 is 0 Å². The Balaban J connectivity index is 1.97. The first-order valence-corrected chi connectivity index (χ1v) is 11.0. The van der Waals surface area contributed by atoms with E-state index in [2.05, 4.69) is 10.1 Å². The van der Waals surface area contributed by atoms with E-state index in [1.807, 2.05) is 33.9 Å². The number of aromatic nitrogens is 1. The average molecular weight is 476 g/mol. The van der Waals surface area contributed by atoms with Crippen LogP contribution in [0.4, 0.5) is 13.2 Å². The molecule has 4 rings (SSSR count). The molecule has 0 aliphatic carbocycles. The minimum Gasteiger partial charge on any atom is -0.508 e. The summed E-state index contributed by atoms with van der Waals surface area (Å²) in [4.78, 5) is 2.16. The molecule has 6 nitrogen and oxygen atoms in total. The van der Waals surface area contributed by atoms with Gasteiger partial charge in [-0.05, 0) is 47.2 Å². The van der Waals surface area contributed by atoms with Gasteiger partial charge in [0.05, 0.1) is 11.1 Å². The molecule has 0 bridgehead atoms. The van der Waals surface area contributed by atoms with Crippen molar-refractivity contribution in [1.29, 1.82) is 0 Å². The van der Waals surface area contributed by atoms with Crippen LogP contribution in [0.15, 0.2) is 34.9 Å². The van der Waals surface area contributed by atoms with E-state index < -0.39 is 18.0 Å². The van der Waals surface area contributed by atoms with Crippen molar-refractivity contribution in [3.05, 3.63) is 52.7 Å². The number of aromatic hydroxyl groups is 2. The summed E-state index contributed by atoms with van der Waals surface area (Å²) >= 11 is 0. The minimum atomic E-state index is -4.97. The van der Waals surface area contributed by atoms with Gasteiger partial charge in [-0.3, -0.25) is 0 Å². The van der Waals surface area contributed by atoms with Crippen LogP contribution in [-0.4, -0.2) is 45.1 Å². The third kappa shape index (κ3) is 4.25. The highest BCUT2D eigenvalue weighted by Crippen LogP contribution is 2.47. The van der Waals surface area contributed by atoms with E-state index in [0.717, 1.165) is 23.7 Å². The van der Waals surface area contributed by atoms with E-state index in [0.29, 0.717) is 17.7 Å². The van der Waals surface area contributed by atoms with Gasteiger partial charge in [-0.1, -0.05) is 44.1 Å². The summed E-state index contributed by atoms with van der Waals surface area (Å²) < 4.78 is 45.8. The molecule has 1 unspecified atom stereocenters. The number of likely N-dealkylation sites (N-methyl/N-ethyl adjacent to an activating group) is 1. The molecule has 1 aromatic heterocycles. The maximum absolute atomic E-state index is 13.5. The Morgan fingerprint density at radius 1 is 1.12 bits per heavy atom. The topological polar surface area (TPSA) is 90.0 Å². The fourth-order valence-corrected chi connectivity index (χ4v) is 4.62. The summed E-state index contributed by atoms with van der Waals surface area (Å²) in [6, 6.07) is 7.93. The first-order chi connectivity index (χ1) is 15.9. The highest BCUT2D eigenvalue weighted by Gasteiger charge is 2.44. The smallest absolute Gasteiger partial charge is 0.420 e. The van der Waals surface area contributed by atoms with Crippen LogP contribution in [-0.2, 0) is 6.54 Å². The van der Waals surface area contributed by atoms with Crippen molar-refractivity contribution in [2.45, 2.75) is 51.4 Å². The number of benzene rings is 2. The molecule has 1 aliphatic rings. The number of fused-ring (bicyclic) bond motifs is 1. The number of aliphatic hydroxyl groups excluding tert-OH is 1. The molecule has 34 heavy (non-hydrogen) atoms. The van der Waals surface area contributed by atoms with Gasteiger partial charge in [0, 0.05) is 19.2 Å². The third-order valence-electron chi connectivity index (χ3n) is 6.29. The molecule has 182 valence electrons. The van der Waals surface area contributed by atoms with Crippen molar-refractivity contribution < 1.29 is 33.0 Å². The molecule has 0 amide bonds. The van der Waals surface area contributed by atoms with Crippen molar-refractivity contribution in [3.8, 4) is 33.9 Å². The fourth-order valence-electron chi connectivity index (χ4n) is 4.62. The number of phenols is 2. The molecule has 0 saturated carbocycles. The molecule has 0 fully saturated rings. The lowest BCUT2D eigenvalue weighted by Gasteiger charge is -2.30. The second-order valence-electron chi connectivity index (χ2n) is 9.31. The number of hydrogen-bond donors (Lipinski definition) is 3. The SMILES string of the molecule is CC(C)c1cc(-c2onc(C(O)C(F)(F)F)c2-c2ccc3c(c2)[C@H](C)CN(C)C3)c(O)cc1O. The monoisotopic (exact) mass is 476 g/mol. The number of alkyl halides is 3. The zero-order valence-electron chi connectivity index (χ0n) is 19.3. The van der Waals surface area contributed by atoms with E-state index in [1.165, 1.54) is 6.07 Å². The van der Waals surface area contributed by atoms with Gasteiger partial charge < -0.3 is 24.7 Å². The molecule has 0 spiro atoms. The quantitative estimate of drug-likeness (QED) is 0.448. The Bertz CT molecular complexity index is 1220. The largest absolute Gasteiger partial charge is 0.508 e. The standard InChI is InChI=1S/C25H27F3N2O4/c1-12(2)16-8-18(20(32)9-19(16)31)23-21(22(29-34-23)24(33)25(26,27)28)14-5-6-15-11-30(4)10-13(3)17(15)7-14/h5-9,12-13,24,31-33H,10-11H2,1-4H3/t13-,24?/m1/s1. The average Bonchev–Trinajstić information content (AvgIpc) is 3.16. The van der Waals surface area contributed by atoms with E-state index in [-0.39, 0.29) is 40.2 Å². The van der Waals surface area contributed by atoms with Gasteiger partial charge in [-0.2, -0.15) is 13.2 Å². The van der Waals surface area contributed by atoms with Crippen molar-refractivity contribution in [3.63, 3.8) is 0 Å².